The van der Waals surface area contributed by atoms with Crippen LogP contribution in [0.15, 0.2) is 42.5 Å². The maximum atomic E-state index is 11.5. The second-order valence-corrected chi connectivity index (χ2v) is 5.85. The zero-order valence-electron chi connectivity index (χ0n) is 13.3. The Bertz CT molecular complexity index is 853. The summed E-state index contributed by atoms with van der Waals surface area (Å²) in [5.41, 5.74) is 9.90. The molecule has 5 heteroatoms. The van der Waals surface area contributed by atoms with Crippen molar-refractivity contribution >= 4 is 16.9 Å². The van der Waals surface area contributed by atoms with Gasteiger partial charge in [-0.25, -0.2) is 4.98 Å². The van der Waals surface area contributed by atoms with Crippen LogP contribution in [0.25, 0.3) is 11.0 Å². The van der Waals surface area contributed by atoms with E-state index in [1.54, 1.807) is 12.1 Å². The maximum absolute atomic E-state index is 11.5. The molecule has 118 valence electrons. The van der Waals surface area contributed by atoms with Crippen molar-refractivity contribution in [2.24, 2.45) is 5.73 Å². The summed E-state index contributed by atoms with van der Waals surface area (Å²) in [5, 5.41) is 0. The number of aryl methyl sites for hydroxylation is 1. The number of hydrogen-bond donors (Lipinski definition) is 2. The molecule has 5 nitrogen and oxygen atoms in total. The van der Waals surface area contributed by atoms with Crippen LogP contribution in [-0.2, 0) is 13.1 Å². The molecule has 0 bridgehead atoms. The summed E-state index contributed by atoms with van der Waals surface area (Å²) >= 11 is 0. The van der Waals surface area contributed by atoms with Gasteiger partial charge in [0.05, 0.1) is 17.6 Å². The van der Waals surface area contributed by atoms with Crippen molar-refractivity contribution in [3.63, 3.8) is 0 Å². The molecule has 0 aliphatic heterocycles. The SMILES string of the molecule is Cc1ccccc1CN(C)Cc1nc2c(C(N)=O)cccc2[nH]1. The number of aromatic amines is 1. The van der Waals surface area contributed by atoms with Crippen molar-refractivity contribution in [3.8, 4) is 0 Å². The normalized spacial score (nSPS) is 11.3. The highest BCUT2D eigenvalue weighted by Gasteiger charge is 2.12. The molecular weight excluding hydrogens is 288 g/mol. The van der Waals surface area contributed by atoms with E-state index in [4.69, 9.17) is 5.73 Å². The molecule has 0 aliphatic carbocycles. The first-order chi connectivity index (χ1) is 11.0. The smallest absolute Gasteiger partial charge is 0.250 e. The number of primary amides is 1. The van der Waals surface area contributed by atoms with E-state index in [0.29, 0.717) is 17.6 Å². The van der Waals surface area contributed by atoms with E-state index in [2.05, 4.69) is 47.0 Å². The Hall–Kier alpha value is -2.66. The minimum Gasteiger partial charge on any atom is -0.366 e. The number of imidazole rings is 1. The number of H-pyrrole nitrogens is 1. The number of nitrogens with one attached hydrogen (secondary N) is 1. The van der Waals surface area contributed by atoms with E-state index in [9.17, 15) is 4.79 Å². The lowest BCUT2D eigenvalue weighted by molar-refractivity contribution is 0.100. The Morgan fingerprint density at radius 1 is 1.17 bits per heavy atom. The third-order valence-corrected chi connectivity index (χ3v) is 3.95. The van der Waals surface area contributed by atoms with Crippen molar-refractivity contribution in [2.75, 3.05) is 7.05 Å². The Morgan fingerprint density at radius 2 is 1.96 bits per heavy atom. The van der Waals surface area contributed by atoms with Gasteiger partial charge < -0.3 is 10.7 Å². The standard InChI is InChI=1S/C18H20N4O/c1-12-6-3-4-7-13(12)10-22(2)11-16-20-15-9-5-8-14(18(19)23)17(15)21-16/h3-9H,10-11H2,1-2H3,(H2,19,23)(H,20,21). The number of para-hydroxylation sites is 1. The first-order valence-corrected chi connectivity index (χ1v) is 7.55. The number of nitrogens with two attached hydrogens (primary N) is 1. The molecule has 0 unspecified atom stereocenters. The van der Waals surface area contributed by atoms with Crippen LogP contribution in [-0.4, -0.2) is 27.8 Å². The molecular formula is C18H20N4O. The second kappa shape index (κ2) is 6.22. The van der Waals surface area contributed by atoms with Crippen molar-refractivity contribution in [1.29, 1.82) is 0 Å². The van der Waals surface area contributed by atoms with Gasteiger partial charge in [-0.15, -0.1) is 0 Å². The fraction of sp³-hybridized carbons (Fsp3) is 0.222. The number of benzene rings is 2. The van der Waals surface area contributed by atoms with Crippen molar-refractivity contribution < 1.29 is 4.79 Å². The van der Waals surface area contributed by atoms with E-state index in [-0.39, 0.29) is 0 Å². The van der Waals surface area contributed by atoms with Crippen LogP contribution in [0.2, 0.25) is 0 Å². The first kappa shape index (κ1) is 15.2. The van der Waals surface area contributed by atoms with Crippen molar-refractivity contribution in [3.05, 3.63) is 65.0 Å². The highest BCUT2D eigenvalue weighted by Crippen LogP contribution is 2.17. The van der Waals surface area contributed by atoms with Crippen LogP contribution in [0, 0.1) is 6.92 Å². The van der Waals surface area contributed by atoms with Crippen LogP contribution in [0.1, 0.15) is 27.3 Å². The van der Waals surface area contributed by atoms with Gasteiger partial charge in [-0.3, -0.25) is 9.69 Å². The topological polar surface area (TPSA) is 75.0 Å². The zero-order valence-corrected chi connectivity index (χ0v) is 13.3. The number of rotatable bonds is 5. The molecule has 1 aromatic heterocycles. The summed E-state index contributed by atoms with van der Waals surface area (Å²) in [6.07, 6.45) is 0. The van der Waals surface area contributed by atoms with Crippen LogP contribution >= 0.6 is 0 Å². The van der Waals surface area contributed by atoms with Gasteiger partial charge in [0, 0.05) is 6.54 Å². The highest BCUT2D eigenvalue weighted by atomic mass is 16.1. The quantitative estimate of drug-likeness (QED) is 0.761. The number of carbonyl (C=O) groups is 1. The Kier molecular flexibility index (Phi) is 4.12. The lowest BCUT2D eigenvalue weighted by Crippen LogP contribution is -2.18. The summed E-state index contributed by atoms with van der Waals surface area (Å²) in [7, 11) is 2.05. The predicted octanol–water partition coefficient (Wildman–Crippen LogP) is 2.60. The highest BCUT2D eigenvalue weighted by molar-refractivity contribution is 6.03. The van der Waals surface area contributed by atoms with Gasteiger partial charge in [0.15, 0.2) is 0 Å². The van der Waals surface area contributed by atoms with E-state index in [1.807, 2.05) is 12.1 Å². The average Bonchev–Trinajstić information content (AvgIpc) is 2.91. The minimum absolute atomic E-state index is 0.451. The lowest BCUT2D eigenvalue weighted by atomic mass is 10.1. The van der Waals surface area contributed by atoms with Gasteiger partial charge >= 0.3 is 0 Å². The molecule has 0 saturated heterocycles. The molecule has 0 saturated carbocycles. The minimum atomic E-state index is -0.457. The third kappa shape index (κ3) is 3.24. The number of amides is 1. The van der Waals surface area contributed by atoms with Crippen LogP contribution in [0.5, 0.6) is 0 Å². The molecule has 0 spiro atoms. The summed E-state index contributed by atoms with van der Waals surface area (Å²) in [6.45, 7) is 3.62. The average molecular weight is 308 g/mol. The van der Waals surface area contributed by atoms with Gasteiger partial charge in [-0.2, -0.15) is 0 Å². The molecule has 23 heavy (non-hydrogen) atoms. The summed E-state index contributed by atoms with van der Waals surface area (Å²) in [4.78, 5) is 21.5. The van der Waals surface area contributed by atoms with E-state index in [1.165, 1.54) is 11.1 Å². The van der Waals surface area contributed by atoms with Gasteiger partial charge in [0.1, 0.15) is 11.3 Å². The molecule has 0 fully saturated rings. The molecule has 1 heterocycles. The molecule has 3 aromatic rings. The first-order valence-electron chi connectivity index (χ1n) is 7.55. The Morgan fingerprint density at radius 3 is 2.70 bits per heavy atom. The third-order valence-electron chi connectivity index (χ3n) is 3.95. The van der Waals surface area contributed by atoms with E-state index < -0.39 is 5.91 Å². The number of nitrogens with zero attached hydrogens (tertiary/aromatic N) is 2. The second-order valence-electron chi connectivity index (χ2n) is 5.85. The van der Waals surface area contributed by atoms with Gasteiger partial charge in [0.25, 0.3) is 5.91 Å². The Balaban J connectivity index is 1.80. The number of carbonyl (C=O) groups excluding carboxylic acids is 1. The predicted molar refractivity (Wildman–Crippen MR) is 91.0 cm³/mol. The molecule has 3 rings (SSSR count). The van der Waals surface area contributed by atoms with Crippen LogP contribution < -0.4 is 5.73 Å². The summed E-state index contributed by atoms with van der Waals surface area (Å²) in [6, 6.07) is 13.8. The molecule has 0 radical (unpaired) electrons. The molecule has 2 aromatic carbocycles. The summed E-state index contributed by atoms with van der Waals surface area (Å²) in [5.74, 6) is 0.367. The number of aromatic nitrogens is 2. The van der Waals surface area contributed by atoms with Crippen molar-refractivity contribution in [1.82, 2.24) is 14.9 Å². The van der Waals surface area contributed by atoms with E-state index >= 15 is 0 Å². The van der Waals surface area contributed by atoms with E-state index in [0.717, 1.165) is 17.9 Å². The monoisotopic (exact) mass is 308 g/mol. The van der Waals surface area contributed by atoms with Gasteiger partial charge in [-0.1, -0.05) is 30.3 Å². The lowest BCUT2D eigenvalue weighted by Gasteiger charge is -2.16. The fourth-order valence-electron chi connectivity index (χ4n) is 2.75. The van der Waals surface area contributed by atoms with Gasteiger partial charge in [0.2, 0.25) is 0 Å². The maximum Gasteiger partial charge on any atom is 0.250 e. The van der Waals surface area contributed by atoms with Crippen LogP contribution in [0.3, 0.4) is 0 Å². The number of hydrogen-bond acceptors (Lipinski definition) is 3. The molecule has 0 atom stereocenters. The largest absolute Gasteiger partial charge is 0.366 e. The Labute approximate surface area is 135 Å². The molecule has 3 N–H and O–H groups in total. The molecule has 1 amide bonds. The van der Waals surface area contributed by atoms with Gasteiger partial charge in [-0.05, 0) is 37.2 Å². The molecule has 0 aliphatic rings. The van der Waals surface area contributed by atoms with Crippen LogP contribution in [0.4, 0.5) is 0 Å². The zero-order chi connectivity index (χ0) is 16.4. The summed E-state index contributed by atoms with van der Waals surface area (Å²) < 4.78 is 0. The number of fused-ring (bicyclic) bond motifs is 1. The fourth-order valence-corrected chi connectivity index (χ4v) is 2.75. The van der Waals surface area contributed by atoms with Crippen molar-refractivity contribution in [2.45, 2.75) is 20.0 Å².